The van der Waals surface area contributed by atoms with E-state index in [4.69, 9.17) is 19.5 Å². The maximum absolute atomic E-state index is 11.6. The van der Waals surface area contributed by atoms with E-state index < -0.39 is 30.3 Å². The summed E-state index contributed by atoms with van der Waals surface area (Å²) in [6.45, 7) is 0.109. The number of aromatic nitrogens is 1. The zero-order chi connectivity index (χ0) is 14.4. The van der Waals surface area contributed by atoms with Crippen LogP contribution < -0.4 is 5.32 Å². The Balaban J connectivity index is 2.70. The van der Waals surface area contributed by atoms with Gasteiger partial charge < -0.3 is 24.8 Å². The van der Waals surface area contributed by atoms with Crippen LogP contribution in [-0.2, 0) is 20.9 Å². The number of amides is 1. The third kappa shape index (κ3) is 4.39. The summed E-state index contributed by atoms with van der Waals surface area (Å²) in [4.78, 5) is 32.9. The van der Waals surface area contributed by atoms with Crippen molar-refractivity contribution >= 4 is 17.8 Å². The van der Waals surface area contributed by atoms with Crippen LogP contribution in [0.25, 0.3) is 0 Å². The highest BCUT2D eigenvalue weighted by atomic mass is 16.5. The molecule has 0 aliphatic heterocycles. The minimum absolute atomic E-state index is 0.109. The molecule has 0 saturated carbocycles. The lowest BCUT2D eigenvalue weighted by Gasteiger charge is -2.10. The molecular formula is C10H12N2O7. The summed E-state index contributed by atoms with van der Waals surface area (Å²) in [5.74, 6) is -3.33. The molecule has 1 amide bonds. The van der Waals surface area contributed by atoms with E-state index in [9.17, 15) is 14.4 Å². The van der Waals surface area contributed by atoms with Crippen molar-refractivity contribution in [1.82, 2.24) is 10.5 Å². The van der Waals surface area contributed by atoms with Gasteiger partial charge in [0, 0.05) is 13.2 Å². The van der Waals surface area contributed by atoms with E-state index in [2.05, 4.69) is 5.16 Å². The molecule has 9 nitrogen and oxygen atoms in total. The second kappa shape index (κ2) is 6.50. The Bertz CT molecular complexity index is 482. The van der Waals surface area contributed by atoms with E-state index in [-0.39, 0.29) is 18.1 Å². The number of methoxy groups -OCH3 is 1. The first kappa shape index (κ1) is 14.6. The maximum Gasteiger partial charge on any atom is 0.326 e. The minimum Gasteiger partial charge on any atom is -0.481 e. The number of carboxylic acids is 2. The molecule has 0 spiro atoms. The molecule has 1 heterocycles. The molecule has 0 aliphatic rings. The van der Waals surface area contributed by atoms with Crippen LogP contribution in [0.15, 0.2) is 10.6 Å². The fourth-order valence-electron chi connectivity index (χ4n) is 1.24. The Labute approximate surface area is 107 Å². The van der Waals surface area contributed by atoms with Gasteiger partial charge in [-0.2, -0.15) is 0 Å². The van der Waals surface area contributed by atoms with Gasteiger partial charge in [-0.1, -0.05) is 5.16 Å². The number of carbonyl (C=O) groups is 3. The van der Waals surface area contributed by atoms with E-state index in [1.54, 1.807) is 0 Å². The Morgan fingerprint density at radius 2 is 2.16 bits per heavy atom. The van der Waals surface area contributed by atoms with Gasteiger partial charge >= 0.3 is 11.9 Å². The molecule has 1 aromatic rings. The van der Waals surface area contributed by atoms with Crippen molar-refractivity contribution in [2.75, 3.05) is 7.11 Å². The Kier molecular flexibility index (Phi) is 5.01. The zero-order valence-electron chi connectivity index (χ0n) is 9.95. The quantitative estimate of drug-likeness (QED) is 0.602. The Morgan fingerprint density at radius 1 is 1.47 bits per heavy atom. The van der Waals surface area contributed by atoms with Crippen LogP contribution in [0.3, 0.4) is 0 Å². The predicted molar refractivity (Wildman–Crippen MR) is 58.4 cm³/mol. The van der Waals surface area contributed by atoms with Crippen LogP contribution in [0.2, 0.25) is 0 Å². The molecule has 0 bridgehead atoms. The van der Waals surface area contributed by atoms with E-state index in [1.807, 2.05) is 5.32 Å². The second-order valence-electron chi connectivity index (χ2n) is 3.57. The molecule has 0 saturated heterocycles. The number of nitrogens with zero attached hydrogens (tertiary/aromatic N) is 1. The summed E-state index contributed by atoms with van der Waals surface area (Å²) < 4.78 is 9.51. The number of hydrogen-bond acceptors (Lipinski definition) is 6. The normalized spacial score (nSPS) is 11.8. The largest absolute Gasteiger partial charge is 0.481 e. The van der Waals surface area contributed by atoms with Gasteiger partial charge in [0.15, 0.2) is 11.5 Å². The topological polar surface area (TPSA) is 139 Å². The third-order valence-electron chi connectivity index (χ3n) is 2.06. The fraction of sp³-hybridized carbons (Fsp3) is 0.400. The second-order valence-corrected chi connectivity index (χ2v) is 3.57. The molecule has 19 heavy (non-hydrogen) atoms. The van der Waals surface area contributed by atoms with Crippen molar-refractivity contribution in [3.8, 4) is 0 Å². The maximum atomic E-state index is 11.6. The molecule has 0 fully saturated rings. The van der Waals surface area contributed by atoms with Crippen LogP contribution in [0, 0.1) is 0 Å². The summed E-state index contributed by atoms with van der Waals surface area (Å²) in [5.41, 5.74) is -0.149. The highest BCUT2D eigenvalue weighted by Crippen LogP contribution is 2.05. The molecule has 1 atom stereocenters. The number of rotatable bonds is 7. The first-order valence-electron chi connectivity index (χ1n) is 5.14. The van der Waals surface area contributed by atoms with Gasteiger partial charge in [-0.25, -0.2) is 4.79 Å². The van der Waals surface area contributed by atoms with Crippen LogP contribution in [0.5, 0.6) is 0 Å². The van der Waals surface area contributed by atoms with Crippen molar-refractivity contribution in [2.24, 2.45) is 0 Å². The summed E-state index contributed by atoms with van der Waals surface area (Å²) in [7, 11) is 1.43. The van der Waals surface area contributed by atoms with Crippen molar-refractivity contribution in [1.29, 1.82) is 0 Å². The summed E-state index contributed by atoms with van der Waals surface area (Å²) >= 11 is 0. The molecule has 0 radical (unpaired) electrons. The lowest BCUT2D eigenvalue weighted by molar-refractivity contribution is -0.145. The molecule has 1 aromatic heterocycles. The van der Waals surface area contributed by atoms with Gasteiger partial charge in [-0.3, -0.25) is 9.59 Å². The standard InChI is InChI=1S/C10H12N2O7/c1-18-4-5-2-6(12-19-5)9(15)11-7(10(16)17)3-8(13)14/h2,7H,3-4H2,1H3,(H,11,15)(H,13,14)(H,16,17)/t7-/m1/s1. The zero-order valence-corrected chi connectivity index (χ0v) is 9.95. The number of ether oxygens (including phenoxy) is 1. The molecule has 3 N–H and O–H groups in total. The molecule has 0 unspecified atom stereocenters. The summed E-state index contributed by atoms with van der Waals surface area (Å²) in [6, 6.07) is -0.258. The van der Waals surface area contributed by atoms with E-state index in [0.717, 1.165) is 0 Å². The van der Waals surface area contributed by atoms with Crippen LogP contribution >= 0.6 is 0 Å². The van der Waals surface area contributed by atoms with Crippen molar-refractivity contribution < 1.29 is 33.9 Å². The van der Waals surface area contributed by atoms with Crippen molar-refractivity contribution in [2.45, 2.75) is 19.1 Å². The number of nitrogens with one attached hydrogen (secondary N) is 1. The number of hydrogen-bond donors (Lipinski definition) is 3. The first-order valence-corrected chi connectivity index (χ1v) is 5.14. The van der Waals surface area contributed by atoms with E-state index in [1.165, 1.54) is 13.2 Å². The van der Waals surface area contributed by atoms with Crippen LogP contribution in [0.4, 0.5) is 0 Å². The third-order valence-corrected chi connectivity index (χ3v) is 2.06. The predicted octanol–water partition coefficient (Wildman–Crippen LogP) is -0.521. The fourth-order valence-corrected chi connectivity index (χ4v) is 1.24. The van der Waals surface area contributed by atoms with Crippen molar-refractivity contribution in [3.63, 3.8) is 0 Å². The lowest BCUT2D eigenvalue weighted by Crippen LogP contribution is -2.42. The molecule has 0 aromatic carbocycles. The van der Waals surface area contributed by atoms with Gasteiger partial charge in [0.25, 0.3) is 5.91 Å². The van der Waals surface area contributed by atoms with Gasteiger partial charge in [0.05, 0.1) is 6.42 Å². The van der Waals surface area contributed by atoms with Gasteiger partial charge in [0.2, 0.25) is 0 Å². The lowest BCUT2D eigenvalue weighted by atomic mass is 10.2. The highest BCUT2D eigenvalue weighted by molar-refractivity contribution is 5.95. The van der Waals surface area contributed by atoms with Crippen LogP contribution in [0.1, 0.15) is 22.7 Å². The molecule has 104 valence electrons. The van der Waals surface area contributed by atoms with E-state index >= 15 is 0 Å². The number of carbonyl (C=O) groups excluding carboxylic acids is 1. The summed E-state index contributed by atoms with van der Waals surface area (Å²) in [5, 5.41) is 22.7. The number of carboxylic acid groups (broad SMARTS) is 2. The molecule has 9 heteroatoms. The van der Waals surface area contributed by atoms with E-state index in [0.29, 0.717) is 0 Å². The SMILES string of the molecule is COCc1cc(C(=O)N[C@H](CC(=O)O)C(=O)O)no1. The smallest absolute Gasteiger partial charge is 0.326 e. The monoisotopic (exact) mass is 272 g/mol. The van der Waals surface area contributed by atoms with Crippen molar-refractivity contribution in [3.05, 3.63) is 17.5 Å². The average molecular weight is 272 g/mol. The Morgan fingerprint density at radius 3 is 2.68 bits per heavy atom. The van der Waals surface area contributed by atoms with Gasteiger partial charge in [-0.05, 0) is 0 Å². The minimum atomic E-state index is -1.53. The molecular weight excluding hydrogens is 260 g/mol. The van der Waals surface area contributed by atoms with Crippen LogP contribution in [-0.4, -0.2) is 46.4 Å². The van der Waals surface area contributed by atoms with Gasteiger partial charge in [0.1, 0.15) is 12.6 Å². The molecule has 0 aliphatic carbocycles. The first-order chi connectivity index (χ1) is 8.93. The number of aliphatic carboxylic acids is 2. The average Bonchev–Trinajstić information content (AvgIpc) is 2.76. The van der Waals surface area contributed by atoms with Gasteiger partial charge in [-0.15, -0.1) is 0 Å². The molecule has 1 rings (SSSR count). The highest BCUT2D eigenvalue weighted by Gasteiger charge is 2.25. The Hall–Kier alpha value is -2.42. The summed E-state index contributed by atoms with van der Waals surface area (Å²) in [6.07, 6.45) is -0.732.